The highest BCUT2D eigenvalue weighted by Gasteiger charge is 2.29. The van der Waals surface area contributed by atoms with Gasteiger partial charge in [0.25, 0.3) is 0 Å². The highest BCUT2D eigenvalue weighted by Crippen LogP contribution is 2.19. The van der Waals surface area contributed by atoms with Gasteiger partial charge in [0.2, 0.25) is 29.5 Å². The lowest BCUT2D eigenvalue weighted by Crippen LogP contribution is -2.58. The van der Waals surface area contributed by atoms with Gasteiger partial charge in [0.1, 0.15) is 18.1 Å². The topological polar surface area (TPSA) is 201 Å². The van der Waals surface area contributed by atoms with Gasteiger partial charge in [-0.2, -0.15) is 12.6 Å². The van der Waals surface area contributed by atoms with Gasteiger partial charge >= 0.3 is 0 Å². The fourth-order valence-electron chi connectivity index (χ4n) is 4.94. The number of aromatic nitrogens is 1. The Morgan fingerprint density at radius 3 is 2.20 bits per heavy atom. The van der Waals surface area contributed by atoms with E-state index in [1.807, 2.05) is 66.7 Å². The van der Waals surface area contributed by atoms with Crippen LogP contribution in [-0.2, 0) is 36.8 Å². The van der Waals surface area contributed by atoms with Crippen LogP contribution in [-0.4, -0.2) is 71.5 Å². The summed E-state index contributed by atoms with van der Waals surface area (Å²) in [5.74, 6) is -3.14. The number of carbonyl (C=O) groups is 5. The number of nitrogens with one attached hydrogen (secondary N) is 5. The number of primary amides is 1. The van der Waals surface area contributed by atoms with Crippen LogP contribution in [0.2, 0.25) is 0 Å². The number of hydrogen-bond donors (Lipinski definition) is 8. The van der Waals surface area contributed by atoms with Crippen LogP contribution < -0.4 is 32.7 Å². The van der Waals surface area contributed by atoms with E-state index >= 15 is 0 Å². The second-order valence-corrected chi connectivity index (χ2v) is 11.0. The quantitative estimate of drug-likeness (QED) is 0.0875. The fourth-order valence-corrected chi connectivity index (χ4v) is 5.19. The third-order valence-corrected chi connectivity index (χ3v) is 7.66. The van der Waals surface area contributed by atoms with Crippen LogP contribution in [0.5, 0.6) is 0 Å². The van der Waals surface area contributed by atoms with E-state index in [0.717, 1.165) is 32.8 Å². The van der Waals surface area contributed by atoms with E-state index in [4.69, 9.17) is 11.5 Å². The van der Waals surface area contributed by atoms with Gasteiger partial charge in [0, 0.05) is 48.7 Å². The first kappa shape index (κ1) is 33.0. The lowest BCUT2D eigenvalue weighted by molar-refractivity contribution is -0.133. The minimum atomic E-state index is -1.15. The zero-order valence-corrected chi connectivity index (χ0v) is 25.4. The van der Waals surface area contributed by atoms with Crippen LogP contribution in [0.3, 0.4) is 0 Å². The normalized spacial score (nSPS) is 13.0. The van der Waals surface area contributed by atoms with Gasteiger partial charge in [-0.25, -0.2) is 0 Å². The van der Waals surface area contributed by atoms with Crippen LogP contribution in [0, 0.1) is 0 Å². The number of para-hydroxylation sites is 1. The number of H-pyrrole nitrogens is 1. The Hall–Kier alpha value is -4.88. The molecule has 0 saturated carbocycles. The molecule has 4 rings (SSSR count). The molecule has 0 aliphatic rings. The summed E-state index contributed by atoms with van der Waals surface area (Å²) in [5.41, 5.74) is 13.4. The average Bonchev–Trinajstić information content (AvgIpc) is 3.44. The molecule has 1 aromatic heterocycles. The summed E-state index contributed by atoms with van der Waals surface area (Å²) in [4.78, 5) is 66.8. The maximum Gasteiger partial charge on any atom is 0.244 e. The number of aromatic amines is 1. The minimum absolute atomic E-state index is 0.0552. The summed E-state index contributed by atoms with van der Waals surface area (Å²) in [6.45, 7) is -0.225. The van der Waals surface area contributed by atoms with Gasteiger partial charge in [-0.15, -0.1) is 0 Å². The molecule has 0 bridgehead atoms. The predicted molar refractivity (Wildman–Crippen MR) is 175 cm³/mol. The summed E-state index contributed by atoms with van der Waals surface area (Å²) in [5, 5.41) is 13.3. The molecule has 45 heavy (non-hydrogen) atoms. The monoisotopic (exact) mass is 631 g/mol. The van der Waals surface area contributed by atoms with Crippen molar-refractivity contribution >= 4 is 63.8 Å². The van der Waals surface area contributed by atoms with Gasteiger partial charge in [-0.1, -0.05) is 60.7 Å². The molecule has 13 heteroatoms. The Morgan fingerprint density at radius 2 is 1.47 bits per heavy atom. The van der Waals surface area contributed by atoms with E-state index in [1.54, 1.807) is 6.20 Å². The Kier molecular flexibility index (Phi) is 11.5. The van der Waals surface area contributed by atoms with Crippen molar-refractivity contribution in [1.29, 1.82) is 0 Å². The largest absolute Gasteiger partial charge is 0.368 e. The zero-order valence-electron chi connectivity index (χ0n) is 24.5. The number of fused-ring (bicyclic) bond motifs is 2. The molecule has 3 atom stereocenters. The van der Waals surface area contributed by atoms with E-state index in [0.29, 0.717) is 0 Å². The molecule has 0 aliphatic heterocycles. The first-order valence-electron chi connectivity index (χ1n) is 14.5. The Morgan fingerprint density at radius 1 is 0.778 bits per heavy atom. The number of nitrogens with two attached hydrogens (primary N) is 2. The molecule has 0 saturated heterocycles. The Labute approximate surface area is 265 Å². The third kappa shape index (κ3) is 9.06. The maximum atomic E-state index is 13.5. The fraction of sp³-hybridized carbons (Fsp3) is 0.281. The molecule has 3 aromatic carbocycles. The molecule has 0 fully saturated rings. The Balaban J connectivity index is 1.47. The van der Waals surface area contributed by atoms with Gasteiger partial charge in [0.05, 0.1) is 6.54 Å². The van der Waals surface area contributed by atoms with Crippen molar-refractivity contribution in [3.63, 3.8) is 0 Å². The number of thiol groups is 1. The van der Waals surface area contributed by atoms with Crippen LogP contribution in [0.4, 0.5) is 0 Å². The molecule has 0 unspecified atom stereocenters. The standard InChI is InChI=1S/C32H37N7O5S/c33-12-11-28(40)36-17-29(41)37-26(14-19-9-10-20-5-1-2-6-21(20)13-19)31(43)39-27(18-45)32(44)38-25(30(34)42)15-22-16-35-24-8-4-3-7-23(22)24/h1-10,13,16,25-27,35,45H,11-12,14-15,17-18,33H2,(H2,34,42)(H,36,40)(H,37,41)(H,38,44)(H,39,43)/t25-,26+,27-/m0/s1. The van der Waals surface area contributed by atoms with Crippen LogP contribution >= 0.6 is 12.6 Å². The van der Waals surface area contributed by atoms with Crippen LogP contribution in [0.25, 0.3) is 21.7 Å². The van der Waals surface area contributed by atoms with Crippen molar-refractivity contribution in [2.24, 2.45) is 11.5 Å². The predicted octanol–water partition coefficient (Wildman–Crippen LogP) is 0.441. The molecule has 0 radical (unpaired) electrons. The van der Waals surface area contributed by atoms with Crippen molar-refractivity contribution in [2.75, 3.05) is 18.8 Å². The SMILES string of the molecule is NCCC(=O)NCC(=O)N[C@H](Cc1ccc2ccccc2c1)C(=O)N[C@@H](CS)C(=O)N[C@@H](Cc1c[nH]c2ccccc12)C(N)=O. The maximum absolute atomic E-state index is 13.5. The molecular weight excluding hydrogens is 594 g/mol. The number of rotatable bonds is 15. The van der Waals surface area contributed by atoms with Crippen LogP contribution in [0.15, 0.2) is 72.9 Å². The van der Waals surface area contributed by atoms with Crippen molar-refractivity contribution in [2.45, 2.75) is 37.4 Å². The molecule has 1 heterocycles. The van der Waals surface area contributed by atoms with Crippen molar-refractivity contribution in [3.05, 3.63) is 84.1 Å². The lowest BCUT2D eigenvalue weighted by atomic mass is 10.0. The second kappa shape index (κ2) is 15.7. The highest BCUT2D eigenvalue weighted by molar-refractivity contribution is 7.80. The van der Waals surface area contributed by atoms with E-state index in [-0.39, 0.29) is 38.1 Å². The average molecular weight is 632 g/mol. The van der Waals surface area contributed by atoms with E-state index in [1.165, 1.54) is 0 Å². The molecule has 0 spiro atoms. The highest BCUT2D eigenvalue weighted by atomic mass is 32.1. The van der Waals surface area contributed by atoms with E-state index in [2.05, 4.69) is 38.9 Å². The number of hydrogen-bond acceptors (Lipinski definition) is 7. The van der Waals surface area contributed by atoms with E-state index in [9.17, 15) is 24.0 Å². The van der Waals surface area contributed by atoms with Crippen LogP contribution in [0.1, 0.15) is 17.5 Å². The zero-order chi connectivity index (χ0) is 32.3. The van der Waals surface area contributed by atoms with Gasteiger partial charge < -0.3 is 37.7 Å². The first-order chi connectivity index (χ1) is 21.7. The van der Waals surface area contributed by atoms with Crippen molar-refractivity contribution < 1.29 is 24.0 Å². The molecule has 9 N–H and O–H groups in total. The van der Waals surface area contributed by atoms with Gasteiger partial charge in [0.15, 0.2) is 0 Å². The smallest absolute Gasteiger partial charge is 0.244 e. The molecule has 236 valence electrons. The summed E-state index contributed by atoms with van der Waals surface area (Å²) < 4.78 is 0. The molecule has 4 aromatic rings. The molecule has 0 aliphatic carbocycles. The lowest BCUT2D eigenvalue weighted by Gasteiger charge is -2.24. The third-order valence-electron chi connectivity index (χ3n) is 7.30. The van der Waals surface area contributed by atoms with Gasteiger partial charge in [-0.05, 0) is 28.0 Å². The second-order valence-electron chi connectivity index (χ2n) is 10.6. The van der Waals surface area contributed by atoms with Crippen molar-refractivity contribution in [1.82, 2.24) is 26.3 Å². The number of amides is 5. The van der Waals surface area contributed by atoms with Gasteiger partial charge in [-0.3, -0.25) is 24.0 Å². The molecule has 5 amide bonds. The minimum Gasteiger partial charge on any atom is -0.368 e. The summed E-state index contributed by atoms with van der Waals surface area (Å²) >= 11 is 4.25. The summed E-state index contributed by atoms with van der Waals surface area (Å²) in [7, 11) is 0. The Bertz CT molecular complexity index is 1690. The summed E-state index contributed by atoms with van der Waals surface area (Å²) in [6, 6.07) is 17.6. The number of benzene rings is 3. The summed E-state index contributed by atoms with van der Waals surface area (Å²) in [6.07, 6.45) is 2.04. The molecule has 12 nitrogen and oxygen atoms in total. The molecular formula is C32H37N7O5S. The van der Waals surface area contributed by atoms with E-state index < -0.39 is 47.7 Å². The first-order valence-corrected chi connectivity index (χ1v) is 15.1. The van der Waals surface area contributed by atoms with Crippen molar-refractivity contribution in [3.8, 4) is 0 Å². The number of carbonyl (C=O) groups excluding carboxylic acids is 5.